The van der Waals surface area contributed by atoms with Gasteiger partial charge in [-0.25, -0.2) is 9.97 Å². The lowest BCUT2D eigenvalue weighted by Gasteiger charge is -2.24. The van der Waals surface area contributed by atoms with Crippen molar-refractivity contribution in [3.05, 3.63) is 53.5 Å². The molecule has 5 nitrogen and oxygen atoms in total. The first-order valence-electron chi connectivity index (χ1n) is 8.72. The van der Waals surface area contributed by atoms with Gasteiger partial charge in [0.25, 0.3) is 0 Å². The molecule has 1 atom stereocenters. The highest BCUT2D eigenvalue weighted by Gasteiger charge is 2.27. The Morgan fingerprint density at radius 1 is 1.37 bits per heavy atom. The lowest BCUT2D eigenvalue weighted by molar-refractivity contribution is -0.117. The van der Waals surface area contributed by atoms with Crippen LogP contribution in [0, 0.1) is 6.92 Å². The lowest BCUT2D eigenvalue weighted by atomic mass is 9.82. The monoisotopic (exact) mass is 388 g/mol. The fourth-order valence-electron chi connectivity index (χ4n) is 3.52. The van der Waals surface area contributed by atoms with Gasteiger partial charge in [0.05, 0.1) is 16.5 Å². The lowest BCUT2D eigenvalue weighted by Crippen LogP contribution is -2.24. The number of aromatic nitrogens is 3. The van der Waals surface area contributed by atoms with Gasteiger partial charge in [-0.05, 0) is 37.3 Å². The largest absolute Gasteiger partial charge is 0.320 e. The summed E-state index contributed by atoms with van der Waals surface area (Å²) in [5.41, 5.74) is 2.83. The number of carbonyl (C=O) groups excluding carboxylic acids is 1. The minimum absolute atomic E-state index is 0.111. The van der Waals surface area contributed by atoms with Crippen LogP contribution in [0.1, 0.15) is 42.1 Å². The van der Waals surface area contributed by atoms with Gasteiger partial charge in [-0.2, -0.15) is 8.78 Å². The van der Waals surface area contributed by atoms with E-state index in [4.69, 9.17) is 0 Å². The van der Waals surface area contributed by atoms with Gasteiger partial charge < -0.3 is 5.32 Å². The Bertz CT molecular complexity index is 982. The maximum absolute atomic E-state index is 13.1. The summed E-state index contributed by atoms with van der Waals surface area (Å²) in [7, 11) is 0. The van der Waals surface area contributed by atoms with Crippen LogP contribution in [0.2, 0.25) is 0 Å². The summed E-state index contributed by atoms with van der Waals surface area (Å²) >= 11 is 1.16. The predicted octanol–water partition coefficient (Wildman–Crippen LogP) is 4.77. The molecule has 0 aliphatic heterocycles. The molecule has 8 heteroatoms. The molecule has 27 heavy (non-hydrogen) atoms. The van der Waals surface area contributed by atoms with Crippen LogP contribution < -0.4 is 5.32 Å². The van der Waals surface area contributed by atoms with Crippen molar-refractivity contribution < 1.29 is 13.6 Å². The van der Waals surface area contributed by atoms with E-state index in [0.717, 1.165) is 40.7 Å². The molecule has 0 saturated heterocycles. The van der Waals surface area contributed by atoms with Gasteiger partial charge in [0.15, 0.2) is 11.0 Å². The standard InChI is InChI=1S/C19H18F2N4OS/c1-11-15(16-22-9-10-25(16)18(20)21)27-19(23-11)24-17(26)14-8-4-6-12-5-2-3-7-13(12)14/h2-3,5,7,9-10,14,18H,4,6,8H2,1H3,(H,23,24,26)/t14-/m1/s1. The SMILES string of the molecule is Cc1nc(NC(=O)[C@@H]2CCCc3ccccc32)sc1-c1nccn1C(F)F. The molecule has 1 N–H and O–H groups in total. The minimum atomic E-state index is -2.68. The first-order chi connectivity index (χ1) is 13.0. The van der Waals surface area contributed by atoms with E-state index < -0.39 is 6.55 Å². The van der Waals surface area contributed by atoms with E-state index in [1.54, 1.807) is 6.92 Å². The topological polar surface area (TPSA) is 59.8 Å². The van der Waals surface area contributed by atoms with Gasteiger partial charge in [0, 0.05) is 12.4 Å². The molecule has 0 spiro atoms. The van der Waals surface area contributed by atoms with Gasteiger partial charge in [-0.15, -0.1) is 0 Å². The van der Waals surface area contributed by atoms with Crippen molar-refractivity contribution in [3.8, 4) is 10.7 Å². The smallest absolute Gasteiger partial charge is 0.301 e. The molecule has 140 valence electrons. The molecule has 3 aromatic rings. The van der Waals surface area contributed by atoms with Gasteiger partial charge >= 0.3 is 6.55 Å². The summed E-state index contributed by atoms with van der Waals surface area (Å²) in [5, 5.41) is 3.27. The second-order valence-electron chi connectivity index (χ2n) is 6.50. The van der Waals surface area contributed by atoms with Crippen LogP contribution in [0.15, 0.2) is 36.7 Å². The number of anilines is 1. The number of nitrogens with zero attached hydrogens (tertiary/aromatic N) is 3. The molecule has 1 amide bonds. The number of halogens is 2. The zero-order valence-electron chi connectivity index (χ0n) is 14.7. The summed E-state index contributed by atoms with van der Waals surface area (Å²) in [4.78, 5) is 21.7. The summed E-state index contributed by atoms with van der Waals surface area (Å²) in [6.45, 7) is -0.956. The number of benzene rings is 1. The first-order valence-corrected chi connectivity index (χ1v) is 9.53. The number of hydrogen-bond acceptors (Lipinski definition) is 4. The van der Waals surface area contributed by atoms with Crippen LogP contribution in [-0.4, -0.2) is 20.4 Å². The highest BCUT2D eigenvalue weighted by Crippen LogP contribution is 2.36. The number of rotatable bonds is 4. The number of hydrogen-bond donors (Lipinski definition) is 1. The molecule has 0 radical (unpaired) electrons. The van der Waals surface area contributed by atoms with Crippen molar-refractivity contribution in [2.45, 2.75) is 38.7 Å². The molecule has 1 aliphatic rings. The maximum atomic E-state index is 13.1. The van der Waals surface area contributed by atoms with Crippen LogP contribution in [0.5, 0.6) is 0 Å². The number of fused-ring (bicyclic) bond motifs is 1. The molecule has 2 aromatic heterocycles. The van der Waals surface area contributed by atoms with E-state index in [9.17, 15) is 13.6 Å². The number of thiazole rings is 1. The Morgan fingerprint density at radius 2 is 2.19 bits per heavy atom. The number of imidazole rings is 1. The molecule has 2 heterocycles. The zero-order chi connectivity index (χ0) is 19.0. The van der Waals surface area contributed by atoms with Crippen LogP contribution >= 0.6 is 11.3 Å². The van der Waals surface area contributed by atoms with Crippen molar-refractivity contribution in [2.75, 3.05) is 5.32 Å². The van der Waals surface area contributed by atoms with Gasteiger partial charge in [-0.1, -0.05) is 35.6 Å². The van der Waals surface area contributed by atoms with E-state index in [1.807, 2.05) is 18.2 Å². The van der Waals surface area contributed by atoms with Crippen LogP contribution in [0.4, 0.5) is 13.9 Å². The molecule has 4 rings (SSSR count). The molecule has 0 bridgehead atoms. The van der Waals surface area contributed by atoms with Crippen LogP contribution in [-0.2, 0) is 11.2 Å². The quantitative estimate of drug-likeness (QED) is 0.700. The van der Waals surface area contributed by atoms with Crippen LogP contribution in [0.25, 0.3) is 10.7 Å². The molecule has 1 aliphatic carbocycles. The Balaban J connectivity index is 1.58. The van der Waals surface area contributed by atoms with Crippen molar-refractivity contribution in [1.29, 1.82) is 0 Å². The minimum Gasteiger partial charge on any atom is -0.301 e. The maximum Gasteiger partial charge on any atom is 0.320 e. The molecular formula is C19H18F2N4OS. The first kappa shape index (κ1) is 17.8. The van der Waals surface area contributed by atoms with E-state index in [0.29, 0.717) is 15.7 Å². The number of nitrogens with one attached hydrogen (secondary N) is 1. The summed E-state index contributed by atoms with van der Waals surface area (Å²) in [5.74, 6) is -0.172. The third-order valence-electron chi connectivity index (χ3n) is 4.79. The van der Waals surface area contributed by atoms with E-state index in [2.05, 4.69) is 21.4 Å². The highest BCUT2D eigenvalue weighted by atomic mass is 32.1. The summed E-state index contributed by atoms with van der Waals surface area (Å²) in [6.07, 6.45) is 5.30. The third-order valence-corrected chi connectivity index (χ3v) is 5.86. The number of aryl methyl sites for hydroxylation is 2. The summed E-state index contributed by atoms with van der Waals surface area (Å²) < 4.78 is 27.0. The third kappa shape index (κ3) is 3.37. The van der Waals surface area contributed by atoms with Gasteiger partial charge in [-0.3, -0.25) is 9.36 Å². The Kier molecular flexibility index (Phi) is 4.73. The van der Waals surface area contributed by atoms with Crippen LogP contribution in [0.3, 0.4) is 0 Å². The molecular weight excluding hydrogens is 370 g/mol. The van der Waals surface area contributed by atoms with E-state index in [1.165, 1.54) is 18.0 Å². The second kappa shape index (κ2) is 7.19. The van der Waals surface area contributed by atoms with Gasteiger partial charge in [0.2, 0.25) is 5.91 Å². The Morgan fingerprint density at radius 3 is 3.00 bits per heavy atom. The van der Waals surface area contributed by atoms with E-state index >= 15 is 0 Å². The zero-order valence-corrected chi connectivity index (χ0v) is 15.5. The average Bonchev–Trinajstić information content (AvgIpc) is 3.27. The number of alkyl halides is 2. The van der Waals surface area contributed by atoms with Crippen molar-refractivity contribution in [1.82, 2.24) is 14.5 Å². The predicted molar refractivity (Wildman–Crippen MR) is 100 cm³/mol. The van der Waals surface area contributed by atoms with Gasteiger partial charge in [0.1, 0.15) is 0 Å². The fraction of sp³-hybridized carbons (Fsp3) is 0.316. The van der Waals surface area contributed by atoms with E-state index in [-0.39, 0.29) is 17.6 Å². The van der Waals surface area contributed by atoms with Crippen molar-refractivity contribution in [3.63, 3.8) is 0 Å². The normalized spacial score (nSPS) is 16.4. The Hall–Kier alpha value is -2.61. The number of amides is 1. The highest BCUT2D eigenvalue weighted by molar-refractivity contribution is 7.19. The average molecular weight is 388 g/mol. The Labute approximate surface area is 159 Å². The second-order valence-corrected chi connectivity index (χ2v) is 7.50. The molecule has 0 unspecified atom stereocenters. The number of carbonyl (C=O) groups is 1. The molecule has 1 aromatic carbocycles. The van der Waals surface area contributed by atoms with Crippen molar-refractivity contribution in [2.24, 2.45) is 0 Å². The molecule has 0 saturated carbocycles. The summed E-state index contributed by atoms with van der Waals surface area (Å²) in [6, 6.07) is 7.99. The van der Waals surface area contributed by atoms with Crippen molar-refractivity contribution >= 4 is 22.4 Å². The fourth-order valence-corrected chi connectivity index (χ4v) is 4.49. The molecule has 0 fully saturated rings.